The number of carbonyl (C=O) groups is 1. The van der Waals surface area contributed by atoms with Gasteiger partial charge in [0.1, 0.15) is 5.78 Å². The van der Waals surface area contributed by atoms with Gasteiger partial charge in [-0.25, -0.2) is 0 Å². The summed E-state index contributed by atoms with van der Waals surface area (Å²) < 4.78 is 0. The zero-order chi connectivity index (χ0) is 31.0. The lowest BCUT2D eigenvalue weighted by Gasteiger charge is -2.34. The van der Waals surface area contributed by atoms with Gasteiger partial charge in [0.05, 0.1) is 12.0 Å². The van der Waals surface area contributed by atoms with E-state index in [1.807, 2.05) is 20.8 Å². The summed E-state index contributed by atoms with van der Waals surface area (Å²) in [5.41, 5.74) is 2.97. The van der Waals surface area contributed by atoms with E-state index in [4.69, 9.17) is 0 Å². The first kappa shape index (κ1) is 39.9. The van der Waals surface area contributed by atoms with Crippen LogP contribution in [-0.2, 0) is 4.79 Å². The number of thiol groups is 1. The van der Waals surface area contributed by atoms with Crippen LogP contribution < -0.4 is 0 Å². The first-order valence-electron chi connectivity index (χ1n) is 15.4. The molecular formula is C36H65NOS. The second kappa shape index (κ2) is 19.7. The topological polar surface area (TPSA) is 40.9 Å². The van der Waals surface area contributed by atoms with Crippen molar-refractivity contribution < 1.29 is 4.79 Å². The third-order valence-corrected chi connectivity index (χ3v) is 8.12. The molecule has 1 aliphatic rings. The SMILES string of the molecule is C/C=C/C(C)(C)CC(C)C1CC(=O)CC(S)C1.C=C(C)CC(C#N)CC(C)C(C)CC(C)(C)C=C(C)C.CC. The number of ketones is 1. The molecule has 0 radical (unpaired) electrons. The van der Waals surface area contributed by atoms with Crippen LogP contribution in [0.3, 0.4) is 0 Å². The van der Waals surface area contributed by atoms with E-state index in [1.165, 1.54) is 12.0 Å². The summed E-state index contributed by atoms with van der Waals surface area (Å²) in [7, 11) is 0. The fourth-order valence-corrected chi connectivity index (χ4v) is 6.73. The first-order chi connectivity index (χ1) is 17.9. The van der Waals surface area contributed by atoms with E-state index in [9.17, 15) is 10.1 Å². The van der Waals surface area contributed by atoms with E-state index in [2.05, 4.69) is 113 Å². The summed E-state index contributed by atoms with van der Waals surface area (Å²) >= 11 is 4.49. The van der Waals surface area contributed by atoms with Gasteiger partial charge < -0.3 is 0 Å². The summed E-state index contributed by atoms with van der Waals surface area (Å²) in [6.45, 7) is 32.4. The fraction of sp³-hybridized carbons (Fsp3) is 0.778. The van der Waals surface area contributed by atoms with Gasteiger partial charge in [-0.05, 0) is 94.3 Å². The molecule has 39 heavy (non-hydrogen) atoms. The molecule has 0 N–H and O–H groups in total. The highest BCUT2D eigenvalue weighted by Crippen LogP contribution is 2.38. The number of allylic oxidation sites excluding steroid dienone is 5. The second-order valence-electron chi connectivity index (χ2n) is 13.9. The second-order valence-corrected chi connectivity index (χ2v) is 14.6. The number of rotatable bonds is 12. The Morgan fingerprint density at radius 3 is 2.05 bits per heavy atom. The predicted octanol–water partition coefficient (Wildman–Crippen LogP) is 11.4. The summed E-state index contributed by atoms with van der Waals surface area (Å²) in [6.07, 6.45) is 13.4. The molecule has 3 heteroatoms. The Morgan fingerprint density at radius 1 is 1.05 bits per heavy atom. The number of Topliss-reactive ketones (excluding diaryl/α,β-unsaturated/α-hetero) is 1. The Morgan fingerprint density at radius 2 is 1.62 bits per heavy atom. The molecule has 1 rings (SSSR count). The van der Waals surface area contributed by atoms with Gasteiger partial charge in [-0.3, -0.25) is 4.79 Å². The summed E-state index contributed by atoms with van der Waals surface area (Å²) in [4.78, 5) is 11.6. The fourth-order valence-electron chi connectivity index (χ4n) is 6.26. The zero-order valence-corrected chi connectivity index (χ0v) is 29.1. The lowest BCUT2D eigenvalue weighted by molar-refractivity contribution is -0.121. The molecule has 0 amide bonds. The molecule has 1 aliphatic carbocycles. The van der Waals surface area contributed by atoms with Crippen molar-refractivity contribution in [3.63, 3.8) is 0 Å². The number of hydrogen-bond acceptors (Lipinski definition) is 3. The molecule has 2 nitrogen and oxygen atoms in total. The molecule has 0 saturated heterocycles. The van der Waals surface area contributed by atoms with Crippen LogP contribution in [0, 0.1) is 51.8 Å². The zero-order valence-electron chi connectivity index (χ0n) is 28.2. The van der Waals surface area contributed by atoms with Crippen molar-refractivity contribution in [2.24, 2.45) is 40.4 Å². The number of carbonyl (C=O) groups excluding carboxylic acids is 1. The maximum absolute atomic E-state index is 11.6. The van der Waals surface area contributed by atoms with Gasteiger partial charge in [0.2, 0.25) is 0 Å². The van der Waals surface area contributed by atoms with E-state index in [-0.39, 0.29) is 22.0 Å². The summed E-state index contributed by atoms with van der Waals surface area (Å²) in [6, 6.07) is 2.44. The van der Waals surface area contributed by atoms with Crippen molar-refractivity contribution in [3.8, 4) is 6.07 Å². The average molecular weight is 560 g/mol. The van der Waals surface area contributed by atoms with Crippen molar-refractivity contribution >= 4 is 18.4 Å². The molecule has 0 aromatic carbocycles. The van der Waals surface area contributed by atoms with Gasteiger partial charge in [-0.15, -0.1) is 6.58 Å². The highest BCUT2D eigenvalue weighted by Gasteiger charge is 2.31. The first-order valence-corrected chi connectivity index (χ1v) is 16.0. The molecule has 1 saturated carbocycles. The van der Waals surface area contributed by atoms with Gasteiger partial charge >= 0.3 is 0 Å². The molecule has 0 bridgehead atoms. The van der Waals surface area contributed by atoms with Crippen LogP contribution in [0.4, 0.5) is 0 Å². The number of nitriles is 1. The minimum Gasteiger partial charge on any atom is -0.300 e. The standard InChI is InChI=1S/C19H33N.C15H26OS.C2H6/c1-14(2)9-18(13-20)10-16(5)17(6)12-19(7,8)11-15(3)4;1-5-6-15(3,4)10-11(2)12-7-13(16)9-14(17)8-12;1-2/h11,16-18H,1,9-10,12H2,2-8H3;5-6,11-12,14,17H,7-10H2,1-4H3;1-2H3/b;6-5+;. The molecule has 0 aliphatic heterocycles. The van der Waals surface area contributed by atoms with Gasteiger partial charge in [-0.2, -0.15) is 17.9 Å². The normalized spacial score (nSPS) is 20.8. The van der Waals surface area contributed by atoms with Crippen LogP contribution in [0.15, 0.2) is 36.0 Å². The van der Waals surface area contributed by atoms with Crippen molar-refractivity contribution in [2.75, 3.05) is 0 Å². The molecule has 0 aromatic rings. The van der Waals surface area contributed by atoms with Crippen LogP contribution in [0.2, 0.25) is 0 Å². The molecule has 0 heterocycles. The van der Waals surface area contributed by atoms with E-state index >= 15 is 0 Å². The molecule has 6 unspecified atom stereocenters. The van der Waals surface area contributed by atoms with Crippen LogP contribution >= 0.6 is 12.6 Å². The Balaban J connectivity index is 0. The summed E-state index contributed by atoms with van der Waals surface area (Å²) in [5, 5.41) is 9.54. The minimum atomic E-state index is 0.122. The Labute approximate surface area is 250 Å². The van der Waals surface area contributed by atoms with Gasteiger partial charge in [0, 0.05) is 18.1 Å². The largest absolute Gasteiger partial charge is 0.300 e. The van der Waals surface area contributed by atoms with Gasteiger partial charge in [0.25, 0.3) is 0 Å². The van der Waals surface area contributed by atoms with E-state index in [0.717, 1.165) is 37.7 Å². The summed E-state index contributed by atoms with van der Waals surface area (Å²) in [5.74, 6) is 2.85. The molecule has 0 aromatic heterocycles. The third kappa shape index (κ3) is 19.4. The van der Waals surface area contributed by atoms with Crippen LogP contribution in [0.5, 0.6) is 0 Å². The number of nitrogens with zero attached hydrogens (tertiary/aromatic N) is 1. The highest BCUT2D eigenvalue weighted by molar-refractivity contribution is 7.81. The van der Waals surface area contributed by atoms with Crippen molar-refractivity contribution in [1.29, 1.82) is 5.26 Å². The quantitative estimate of drug-likeness (QED) is 0.191. The average Bonchev–Trinajstić information content (AvgIpc) is 2.77. The van der Waals surface area contributed by atoms with Crippen LogP contribution in [0.25, 0.3) is 0 Å². The van der Waals surface area contributed by atoms with Crippen LogP contribution in [0.1, 0.15) is 135 Å². The predicted molar refractivity (Wildman–Crippen MR) is 178 cm³/mol. The monoisotopic (exact) mass is 559 g/mol. The Hall–Kier alpha value is -1.27. The maximum atomic E-state index is 11.6. The highest BCUT2D eigenvalue weighted by atomic mass is 32.1. The van der Waals surface area contributed by atoms with Gasteiger partial charge in [-0.1, -0.05) is 91.7 Å². The lowest BCUT2D eigenvalue weighted by Crippen LogP contribution is -2.29. The molecule has 226 valence electrons. The van der Waals surface area contributed by atoms with Gasteiger partial charge in [0.15, 0.2) is 0 Å². The van der Waals surface area contributed by atoms with Crippen molar-refractivity contribution in [2.45, 2.75) is 140 Å². The van der Waals surface area contributed by atoms with Crippen molar-refractivity contribution in [1.82, 2.24) is 0 Å². The smallest absolute Gasteiger partial charge is 0.134 e. The van der Waals surface area contributed by atoms with E-state index < -0.39 is 0 Å². The molecule has 0 spiro atoms. The third-order valence-electron chi connectivity index (χ3n) is 7.73. The van der Waals surface area contributed by atoms with E-state index in [1.54, 1.807) is 0 Å². The Kier molecular flexibility index (Phi) is 20.2. The van der Waals surface area contributed by atoms with E-state index in [0.29, 0.717) is 35.9 Å². The van der Waals surface area contributed by atoms with Crippen molar-refractivity contribution in [3.05, 3.63) is 36.0 Å². The molecule has 6 atom stereocenters. The minimum absolute atomic E-state index is 0.122. The Bertz CT molecular complexity index is 808. The maximum Gasteiger partial charge on any atom is 0.134 e. The molecular weight excluding hydrogens is 494 g/mol. The molecule has 1 fully saturated rings. The lowest BCUT2D eigenvalue weighted by atomic mass is 9.73. The van der Waals surface area contributed by atoms with Crippen LogP contribution in [-0.4, -0.2) is 11.0 Å². The number of hydrogen-bond donors (Lipinski definition) is 1.